The number of pyridine rings is 1. The Hall–Kier alpha value is -4.00. The molecule has 1 amide bonds. The van der Waals surface area contributed by atoms with Gasteiger partial charge in [-0.25, -0.2) is 9.97 Å². The summed E-state index contributed by atoms with van der Waals surface area (Å²) >= 11 is 0. The topological polar surface area (TPSA) is 71.3 Å². The summed E-state index contributed by atoms with van der Waals surface area (Å²) in [5.41, 5.74) is 3.14. The Morgan fingerprint density at radius 2 is 1.59 bits per heavy atom. The monoisotopic (exact) mass is 453 g/mol. The minimum Gasteiger partial charge on any atom is -0.348 e. The van der Waals surface area contributed by atoms with Crippen LogP contribution < -0.4 is 10.5 Å². The average Bonchev–Trinajstić information content (AvgIpc) is 2.90. The van der Waals surface area contributed by atoms with Gasteiger partial charge in [0.15, 0.2) is 11.5 Å². The van der Waals surface area contributed by atoms with Crippen LogP contribution in [0.3, 0.4) is 0 Å². The largest absolute Gasteiger partial charge is 0.348 e. The number of hydrogen-bond donors (Lipinski definition) is 0. The molecule has 0 spiro atoms. The molecule has 3 heterocycles. The Bertz CT molecular complexity index is 1350. The van der Waals surface area contributed by atoms with E-state index in [0.717, 1.165) is 11.1 Å². The van der Waals surface area contributed by atoms with Crippen molar-refractivity contribution in [1.29, 1.82) is 0 Å². The summed E-state index contributed by atoms with van der Waals surface area (Å²) < 4.78 is 1.70. The van der Waals surface area contributed by atoms with E-state index in [2.05, 4.69) is 9.97 Å². The summed E-state index contributed by atoms with van der Waals surface area (Å²) in [7, 11) is 0. The molecular formula is C27H27N5O2. The van der Waals surface area contributed by atoms with Gasteiger partial charge in [0.25, 0.3) is 5.56 Å². The van der Waals surface area contributed by atoms with E-state index >= 15 is 0 Å². The van der Waals surface area contributed by atoms with Gasteiger partial charge in [0.2, 0.25) is 5.91 Å². The second kappa shape index (κ2) is 9.47. The van der Waals surface area contributed by atoms with Crippen LogP contribution in [0, 0.1) is 0 Å². The maximum atomic E-state index is 13.5. The lowest BCUT2D eigenvalue weighted by Crippen LogP contribution is -2.51. The third-order valence-electron chi connectivity index (χ3n) is 6.43. The predicted molar refractivity (Wildman–Crippen MR) is 133 cm³/mol. The van der Waals surface area contributed by atoms with Gasteiger partial charge in [-0.05, 0) is 30.2 Å². The van der Waals surface area contributed by atoms with Crippen LogP contribution in [0.25, 0.3) is 11.2 Å². The van der Waals surface area contributed by atoms with E-state index in [4.69, 9.17) is 0 Å². The molecule has 0 saturated carbocycles. The van der Waals surface area contributed by atoms with Crippen molar-refractivity contribution >= 4 is 22.9 Å². The lowest BCUT2D eigenvalue weighted by molar-refractivity contribution is -0.132. The molecule has 1 saturated heterocycles. The molecule has 0 radical (unpaired) electrons. The number of benzene rings is 2. The van der Waals surface area contributed by atoms with Crippen molar-refractivity contribution in [3.63, 3.8) is 0 Å². The molecule has 1 aliphatic rings. The van der Waals surface area contributed by atoms with Crippen molar-refractivity contribution in [3.8, 4) is 0 Å². The standard InChI is InChI=1S/C27H27N5O2/c1-20(22-11-6-3-7-12-22)26(33)31-17-15-30(16-18-31)25-27(34)32(19-21-9-4-2-5-10-21)24-23(29-25)13-8-14-28-24/h2-14,20H,15-19H2,1H3. The molecule has 5 rings (SSSR count). The molecule has 0 aliphatic carbocycles. The van der Waals surface area contributed by atoms with Crippen molar-refractivity contribution in [2.45, 2.75) is 19.4 Å². The number of aromatic nitrogens is 3. The van der Waals surface area contributed by atoms with E-state index < -0.39 is 0 Å². The molecule has 0 N–H and O–H groups in total. The third-order valence-corrected chi connectivity index (χ3v) is 6.43. The van der Waals surface area contributed by atoms with E-state index in [9.17, 15) is 9.59 Å². The van der Waals surface area contributed by atoms with Crippen molar-refractivity contribution in [1.82, 2.24) is 19.4 Å². The van der Waals surface area contributed by atoms with Crippen molar-refractivity contribution in [2.75, 3.05) is 31.1 Å². The van der Waals surface area contributed by atoms with Gasteiger partial charge in [-0.3, -0.25) is 14.2 Å². The quantitative estimate of drug-likeness (QED) is 0.464. The number of fused-ring (bicyclic) bond motifs is 1. The maximum Gasteiger partial charge on any atom is 0.295 e. The van der Waals surface area contributed by atoms with E-state index in [1.54, 1.807) is 10.8 Å². The smallest absolute Gasteiger partial charge is 0.295 e. The highest BCUT2D eigenvalue weighted by Crippen LogP contribution is 2.20. The fourth-order valence-electron chi connectivity index (χ4n) is 4.48. The molecule has 2 aromatic heterocycles. The van der Waals surface area contributed by atoms with Gasteiger partial charge in [-0.2, -0.15) is 0 Å². The first-order valence-corrected chi connectivity index (χ1v) is 11.6. The maximum absolute atomic E-state index is 13.5. The normalized spacial score (nSPS) is 14.9. The molecule has 4 aromatic rings. The van der Waals surface area contributed by atoms with Crippen LogP contribution in [0.4, 0.5) is 5.82 Å². The number of carbonyl (C=O) groups excluding carboxylic acids is 1. The molecule has 7 nitrogen and oxygen atoms in total. The molecular weight excluding hydrogens is 426 g/mol. The highest BCUT2D eigenvalue weighted by atomic mass is 16.2. The van der Waals surface area contributed by atoms with E-state index in [1.807, 2.05) is 89.5 Å². The summed E-state index contributed by atoms with van der Waals surface area (Å²) in [5.74, 6) is 0.336. The van der Waals surface area contributed by atoms with Gasteiger partial charge in [0, 0.05) is 32.4 Å². The summed E-state index contributed by atoms with van der Waals surface area (Å²) in [6.07, 6.45) is 1.68. The first-order chi connectivity index (χ1) is 16.6. The summed E-state index contributed by atoms with van der Waals surface area (Å²) in [4.78, 5) is 39.6. The minimum absolute atomic E-state index is 0.114. The number of nitrogens with zero attached hydrogens (tertiary/aromatic N) is 5. The summed E-state index contributed by atoms with van der Waals surface area (Å²) in [5, 5.41) is 0. The highest BCUT2D eigenvalue weighted by Gasteiger charge is 2.28. The van der Waals surface area contributed by atoms with Crippen LogP contribution in [0.1, 0.15) is 24.0 Å². The van der Waals surface area contributed by atoms with E-state index in [-0.39, 0.29) is 17.4 Å². The zero-order valence-electron chi connectivity index (χ0n) is 19.2. The number of rotatable bonds is 5. The Kier molecular flexibility index (Phi) is 6.08. The van der Waals surface area contributed by atoms with Gasteiger partial charge in [0.1, 0.15) is 5.52 Å². The van der Waals surface area contributed by atoms with Crippen LogP contribution in [0.5, 0.6) is 0 Å². The van der Waals surface area contributed by atoms with E-state index in [0.29, 0.717) is 49.7 Å². The second-order valence-electron chi connectivity index (χ2n) is 8.60. The molecule has 34 heavy (non-hydrogen) atoms. The minimum atomic E-state index is -0.194. The molecule has 7 heteroatoms. The lowest BCUT2D eigenvalue weighted by Gasteiger charge is -2.36. The van der Waals surface area contributed by atoms with Crippen LogP contribution in [0.15, 0.2) is 83.8 Å². The number of anilines is 1. The Balaban J connectivity index is 1.38. The number of amides is 1. The van der Waals surface area contributed by atoms with Crippen molar-refractivity contribution in [3.05, 3.63) is 100 Å². The van der Waals surface area contributed by atoms with Crippen molar-refractivity contribution < 1.29 is 4.79 Å². The number of hydrogen-bond acceptors (Lipinski definition) is 5. The van der Waals surface area contributed by atoms with Crippen LogP contribution in [0.2, 0.25) is 0 Å². The van der Waals surface area contributed by atoms with Gasteiger partial charge >= 0.3 is 0 Å². The van der Waals surface area contributed by atoms with Gasteiger partial charge in [0.05, 0.1) is 12.5 Å². The predicted octanol–water partition coefficient (Wildman–Crippen LogP) is 3.29. The third kappa shape index (κ3) is 4.29. The molecule has 1 atom stereocenters. The fraction of sp³-hybridized carbons (Fsp3) is 0.259. The highest BCUT2D eigenvalue weighted by molar-refractivity contribution is 5.83. The van der Waals surface area contributed by atoms with Gasteiger partial charge < -0.3 is 9.80 Å². The summed E-state index contributed by atoms with van der Waals surface area (Å²) in [6, 6.07) is 23.4. The first kappa shape index (κ1) is 21.8. The molecule has 2 aromatic carbocycles. The zero-order valence-corrected chi connectivity index (χ0v) is 19.2. The SMILES string of the molecule is CC(C(=O)N1CCN(c2nc3cccnc3n(Cc3ccccc3)c2=O)CC1)c1ccccc1. The van der Waals surface area contributed by atoms with Crippen LogP contribution in [-0.4, -0.2) is 51.5 Å². The molecule has 0 bridgehead atoms. The lowest BCUT2D eigenvalue weighted by atomic mass is 9.99. The van der Waals surface area contributed by atoms with Gasteiger partial charge in [-0.1, -0.05) is 60.7 Å². The first-order valence-electron chi connectivity index (χ1n) is 11.6. The Labute approximate surface area is 198 Å². The fourth-order valence-corrected chi connectivity index (χ4v) is 4.48. The van der Waals surface area contributed by atoms with Crippen LogP contribution >= 0.6 is 0 Å². The van der Waals surface area contributed by atoms with Crippen LogP contribution in [-0.2, 0) is 11.3 Å². The molecule has 1 unspecified atom stereocenters. The van der Waals surface area contributed by atoms with Crippen molar-refractivity contribution in [2.24, 2.45) is 0 Å². The number of piperazine rings is 1. The van der Waals surface area contributed by atoms with E-state index in [1.165, 1.54) is 0 Å². The Morgan fingerprint density at radius 1 is 0.912 bits per heavy atom. The molecule has 1 fully saturated rings. The molecule has 1 aliphatic heterocycles. The Morgan fingerprint density at radius 3 is 2.29 bits per heavy atom. The summed E-state index contributed by atoms with van der Waals surface area (Å²) in [6.45, 7) is 4.61. The average molecular weight is 454 g/mol. The zero-order chi connectivity index (χ0) is 23.5. The molecule has 172 valence electrons. The van der Waals surface area contributed by atoms with Gasteiger partial charge in [-0.15, -0.1) is 0 Å². The number of carbonyl (C=O) groups is 1. The second-order valence-corrected chi connectivity index (χ2v) is 8.60.